The molecule has 118 valence electrons. The second kappa shape index (κ2) is 5.17. The molecule has 0 heterocycles. The largest absolute Gasteiger partial charge is 0.390 e. The third kappa shape index (κ3) is 2.34. The summed E-state index contributed by atoms with van der Waals surface area (Å²) in [5.41, 5.74) is 2.35. The van der Waals surface area contributed by atoms with Gasteiger partial charge in [-0.15, -0.1) is 0 Å². The number of benzene rings is 2. The normalized spacial score (nSPS) is 24.1. The molecule has 2 aliphatic carbocycles. The number of carbonyl (C=O) groups excluding carboxylic acids is 1. The summed E-state index contributed by atoms with van der Waals surface area (Å²) < 4.78 is 13.1. The molecule has 2 aromatic carbocycles. The minimum Gasteiger partial charge on any atom is -0.390 e. The zero-order valence-electron chi connectivity index (χ0n) is 12.6. The average molecular weight is 311 g/mol. The van der Waals surface area contributed by atoms with E-state index in [2.05, 4.69) is 5.32 Å². The second-order valence-corrected chi connectivity index (χ2v) is 6.51. The highest BCUT2D eigenvalue weighted by Crippen LogP contribution is 2.49. The van der Waals surface area contributed by atoms with Crippen molar-refractivity contribution in [2.75, 3.05) is 0 Å². The van der Waals surface area contributed by atoms with Gasteiger partial charge in [-0.3, -0.25) is 4.79 Å². The van der Waals surface area contributed by atoms with Crippen LogP contribution in [0.5, 0.6) is 0 Å². The van der Waals surface area contributed by atoms with Crippen LogP contribution < -0.4 is 5.32 Å². The van der Waals surface area contributed by atoms with Crippen molar-refractivity contribution < 1.29 is 14.3 Å². The van der Waals surface area contributed by atoms with E-state index in [4.69, 9.17) is 0 Å². The number of rotatable bonds is 3. The van der Waals surface area contributed by atoms with Gasteiger partial charge in [0.25, 0.3) is 0 Å². The van der Waals surface area contributed by atoms with Crippen LogP contribution in [0.1, 0.15) is 35.6 Å². The Bertz CT molecular complexity index is 752. The average Bonchev–Trinajstić information content (AvgIpc) is 3.30. The quantitative estimate of drug-likeness (QED) is 0.915. The number of halogens is 1. The van der Waals surface area contributed by atoms with E-state index in [9.17, 15) is 14.3 Å². The molecule has 4 heteroatoms. The number of amides is 1. The maximum Gasteiger partial charge on any atom is 0.231 e. The van der Waals surface area contributed by atoms with Gasteiger partial charge >= 0.3 is 0 Å². The molecule has 0 radical (unpaired) electrons. The lowest BCUT2D eigenvalue weighted by atomic mass is 9.94. The second-order valence-electron chi connectivity index (χ2n) is 6.51. The standard InChI is InChI=1S/C19H18FNO2/c20-14-7-5-13(6-8-14)19(9-10-19)18(23)21-17-15-4-2-1-3-12(15)11-16(17)22/h1-8,16-17,22H,9-11H2,(H,21,23). The topological polar surface area (TPSA) is 49.3 Å². The van der Waals surface area contributed by atoms with E-state index in [0.717, 1.165) is 29.5 Å². The number of hydrogen-bond donors (Lipinski definition) is 2. The first-order valence-corrected chi connectivity index (χ1v) is 7.93. The van der Waals surface area contributed by atoms with Crippen LogP contribution >= 0.6 is 0 Å². The minimum atomic E-state index is -0.597. The fraction of sp³-hybridized carbons (Fsp3) is 0.316. The Morgan fingerprint density at radius 1 is 1.13 bits per heavy atom. The van der Waals surface area contributed by atoms with Crippen molar-refractivity contribution >= 4 is 5.91 Å². The Morgan fingerprint density at radius 3 is 2.52 bits per heavy atom. The highest BCUT2D eigenvalue weighted by atomic mass is 19.1. The van der Waals surface area contributed by atoms with Crippen molar-refractivity contribution in [2.45, 2.75) is 36.8 Å². The molecule has 4 rings (SSSR count). The monoisotopic (exact) mass is 311 g/mol. The minimum absolute atomic E-state index is 0.0788. The summed E-state index contributed by atoms with van der Waals surface area (Å²) >= 11 is 0. The fourth-order valence-corrected chi connectivity index (χ4v) is 3.57. The van der Waals surface area contributed by atoms with E-state index < -0.39 is 11.5 Å². The van der Waals surface area contributed by atoms with E-state index >= 15 is 0 Å². The Kier molecular flexibility index (Phi) is 3.23. The lowest BCUT2D eigenvalue weighted by Gasteiger charge is -2.22. The Balaban J connectivity index is 1.58. The number of fused-ring (bicyclic) bond motifs is 1. The number of carbonyl (C=O) groups is 1. The first-order chi connectivity index (χ1) is 11.1. The van der Waals surface area contributed by atoms with Crippen LogP contribution in [0.2, 0.25) is 0 Å². The van der Waals surface area contributed by atoms with Crippen molar-refractivity contribution in [1.82, 2.24) is 5.32 Å². The van der Waals surface area contributed by atoms with Crippen LogP contribution in [0.4, 0.5) is 4.39 Å². The molecular formula is C19H18FNO2. The molecule has 2 aliphatic rings. The van der Waals surface area contributed by atoms with Crippen LogP contribution in [0.25, 0.3) is 0 Å². The number of nitrogens with one attached hydrogen (secondary N) is 1. The lowest BCUT2D eigenvalue weighted by molar-refractivity contribution is -0.125. The first kappa shape index (κ1) is 14.4. The van der Waals surface area contributed by atoms with Crippen LogP contribution in [-0.4, -0.2) is 17.1 Å². The molecule has 0 saturated heterocycles. The summed E-state index contributed by atoms with van der Waals surface area (Å²) in [6.07, 6.45) is 1.48. The lowest BCUT2D eigenvalue weighted by Crippen LogP contribution is -2.40. The smallest absolute Gasteiger partial charge is 0.231 e. The van der Waals surface area contributed by atoms with E-state index in [-0.39, 0.29) is 17.8 Å². The van der Waals surface area contributed by atoms with Crippen LogP contribution in [-0.2, 0) is 16.6 Å². The van der Waals surface area contributed by atoms with Crippen molar-refractivity contribution in [3.8, 4) is 0 Å². The molecule has 0 bridgehead atoms. The highest BCUT2D eigenvalue weighted by molar-refractivity contribution is 5.91. The van der Waals surface area contributed by atoms with E-state index in [0.29, 0.717) is 6.42 Å². The molecule has 2 unspecified atom stereocenters. The van der Waals surface area contributed by atoms with Crippen molar-refractivity contribution in [3.05, 3.63) is 71.0 Å². The summed E-state index contributed by atoms with van der Waals surface area (Å²) in [5.74, 6) is -0.380. The maximum atomic E-state index is 13.1. The molecular weight excluding hydrogens is 293 g/mol. The van der Waals surface area contributed by atoms with E-state index in [1.807, 2.05) is 24.3 Å². The van der Waals surface area contributed by atoms with Gasteiger partial charge in [-0.2, -0.15) is 0 Å². The Morgan fingerprint density at radius 2 is 1.83 bits per heavy atom. The highest BCUT2D eigenvalue weighted by Gasteiger charge is 2.52. The molecule has 23 heavy (non-hydrogen) atoms. The molecule has 1 amide bonds. The van der Waals surface area contributed by atoms with Gasteiger partial charge in [0.05, 0.1) is 17.6 Å². The summed E-state index contributed by atoms with van der Waals surface area (Å²) in [6.45, 7) is 0. The van der Waals surface area contributed by atoms with Gasteiger partial charge in [0.2, 0.25) is 5.91 Å². The van der Waals surface area contributed by atoms with Crippen LogP contribution in [0, 0.1) is 5.82 Å². The summed E-state index contributed by atoms with van der Waals surface area (Å²) in [7, 11) is 0. The zero-order chi connectivity index (χ0) is 16.0. The summed E-state index contributed by atoms with van der Waals surface area (Å²) in [6, 6.07) is 13.6. The van der Waals surface area contributed by atoms with Gasteiger partial charge < -0.3 is 10.4 Å². The van der Waals surface area contributed by atoms with E-state index in [1.165, 1.54) is 12.1 Å². The first-order valence-electron chi connectivity index (χ1n) is 7.93. The predicted octanol–water partition coefficient (Wildman–Crippen LogP) is 2.63. The SMILES string of the molecule is O=C(NC1c2ccccc2CC1O)C1(c2ccc(F)cc2)CC1. The predicted molar refractivity (Wildman–Crippen MR) is 84.3 cm³/mol. The third-order valence-electron chi connectivity index (χ3n) is 5.07. The van der Waals surface area contributed by atoms with Crippen LogP contribution in [0.3, 0.4) is 0 Å². The molecule has 0 aromatic heterocycles. The van der Waals surface area contributed by atoms with Crippen molar-refractivity contribution in [1.29, 1.82) is 0 Å². The summed E-state index contributed by atoms with van der Waals surface area (Å²) in [4.78, 5) is 12.8. The molecule has 2 atom stereocenters. The maximum absolute atomic E-state index is 13.1. The molecule has 2 N–H and O–H groups in total. The van der Waals surface area contributed by atoms with E-state index in [1.54, 1.807) is 12.1 Å². The molecule has 1 saturated carbocycles. The van der Waals surface area contributed by atoms with Gasteiger partial charge in [0, 0.05) is 6.42 Å². The Hall–Kier alpha value is -2.20. The number of aliphatic hydroxyl groups excluding tert-OH is 1. The molecule has 1 fully saturated rings. The van der Waals surface area contributed by atoms with Crippen molar-refractivity contribution in [2.24, 2.45) is 0 Å². The van der Waals surface area contributed by atoms with Gasteiger partial charge in [-0.1, -0.05) is 36.4 Å². The molecule has 0 spiro atoms. The molecule has 0 aliphatic heterocycles. The molecule has 2 aromatic rings. The third-order valence-corrected chi connectivity index (χ3v) is 5.07. The van der Waals surface area contributed by atoms with Gasteiger partial charge in [0.15, 0.2) is 0 Å². The van der Waals surface area contributed by atoms with Gasteiger partial charge in [-0.05, 0) is 41.7 Å². The van der Waals surface area contributed by atoms with Gasteiger partial charge in [0.1, 0.15) is 5.82 Å². The van der Waals surface area contributed by atoms with Crippen LogP contribution in [0.15, 0.2) is 48.5 Å². The van der Waals surface area contributed by atoms with Gasteiger partial charge in [-0.25, -0.2) is 4.39 Å². The fourth-order valence-electron chi connectivity index (χ4n) is 3.57. The molecule has 3 nitrogen and oxygen atoms in total. The van der Waals surface area contributed by atoms with Crippen molar-refractivity contribution in [3.63, 3.8) is 0 Å². The Labute approximate surface area is 134 Å². The zero-order valence-corrected chi connectivity index (χ0v) is 12.6. The number of aliphatic hydroxyl groups is 1. The number of hydrogen-bond acceptors (Lipinski definition) is 2. The summed E-state index contributed by atoms with van der Waals surface area (Å²) in [5, 5.41) is 13.3.